The van der Waals surface area contributed by atoms with E-state index >= 15 is 0 Å². The molecule has 0 radical (unpaired) electrons. The third kappa shape index (κ3) is 7.75. The first-order valence-electron chi connectivity index (χ1n) is 18.4. The Hall–Kier alpha value is -3.40. The van der Waals surface area contributed by atoms with E-state index in [1.807, 2.05) is 43.9 Å². The van der Waals surface area contributed by atoms with Crippen molar-refractivity contribution in [1.82, 2.24) is 15.1 Å². The maximum absolute atomic E-state index is 13.5. The number of rotatable bonds is 4. The first kappa shape index (κ1) is 37.8. The van der Waals surface area contributed by atoms with Crippen molar-refractivity contribution in [1.29, 1.82) is 0 Å². The van der Waals surface area contributed by atoms with E-state index in [0.717, 1.165) is 31.2 Å². The number of nitrogens with zero attached hydrogens (tertiary/aromatic N) is 2. The molecule has 276 valence electrons. The number of nitrogens with one attached hydrogen (secondary N) is 1. The van der Waals surface area contributed by atoms with Crippen LogP contribution in [0.2, 0.25) is 0 Å². The predicted octanol–water partition coefficient (Wildman–Crippen LogP) is 6.81. The van der Waals surface area contributed by atoms with Crippen molar-refractivity contribution in [3.05, 3.63) is 47.0 Å². The van der Waals surface area contributed by atoms with Crippen molar-refractivity contribution >= 4 is 23.9 Å². The van der Waals surface area contributed by atoms with E-state index in [9.17, 15) is 24.3 Å². The Kier molecular flexibility index (Phi) is 10.8. The Morgan fingerprint density at radius 1 is 0.940 bits per heavy atom. The van der Waals surface area contributed by atoms with Crippen LogP contribution in [-0.4, -0.2) is 75.7 Å². The zero-order chi connectivity index (χ0) is 36.9. The Labute approximate surface area is 298 Å². The van der Waals surface area contributed by atoms with Crippen molar-refractivity contribution in [3.63, 3.8) is 0 Å². The minimum atomic E-state index is -0.961. The largest absolute Gasteiger partial charge is 0.480 e. The molecule has 2 aliphatic carbocycles. The summed E-state index contributed by atoms with van der Waals surface area (Å²) in [6.07, 6.45) is 2.87. The van der Waals surface area contributed by atoms with Gasteiger partial charge in [-0.05, 0) is 95.3 Å². The summed E-state index contributed by atoms with van der Waals surface area (Å²) in [5.74, 6) is 0.707. The highest BCUT2D eigenvalue weighted by atomic mass is 16.6. The third-order valence-electron chi connectivity index (χ3n) is 11.9. The summed E-state index contributed by atoms with van der Waals surface area (Å²) in [6, 6.07) is 8.68. The van der Waals surface area contributed by atoms with Crippen LogP contribution < -0.4 is 5.32 Å². The quantitative estimate of drug-likeness (QED) is 0.332. The Morgan fingerprint density at radius 2 is 1.56 bits per heavy atom. The fourth-order valence-corrected chi connectivity index (χ4v) is 8.92. The molecule has 6 rings (SSSR count). The molecule has 10 nitrogen and oxygen atoms in total. The number of amides is 3. The van der Waals surface area contributed by atoms with Crippen molar-refractivity contribution in [3.8, 4) is 0 Å². The van der Waals surface area contributed by atoms with Gasteiger partial charge in [-0.25, -0.2) is 9.59 Å². The molecule has 1 saturated carbocycles. The fourth-order valence-electron chi connectivity index (χ4n) is 8.92. The van der Waals surface area contributed by atoms with Gasteiger partial charge in [0.25, 0.3) is 0 Å². The second-order valence-corrected chi connectivity index (χ2v) is 17.7. The minimum absolute atomic E-state index is 0.0372. The smallest absolute Gasteiger partial charge is 0.408 e. The number of aliphatic carboxylic acids is 1. The van der Waals surface area contributed by atoms with Gasteiger partial charge in [-0.15, -0.1) is 0 Å². The molecule has 3 heterocycles. The van der Waals surface area contributed by atoms with E-state index in [1.54, 1.807) is 20.8 Å². The molecule has 0 aromatic heterocycles. The van der Waals surface area contributed by atoms with E-state index < -0.39 is 35.2 Å². The summed E-state index contributed by atoms with van der Waals surface area (Å²) in [6.45, 7) is 20.7. The number of ether oxygens (including phenoxy) is 2. The van der Waals surface area contributed by atoms with Gasteiger partial charge < -0.3 is 29.7 Å². The number of carbonyl (C=O) groups is 4. The van der Waals surface area contributed by atoms with E-state index in [2.05, 4.69) is 45.1 Å². The van der Waals surface area contributed by atoms with Crippen molar-refractivity contribution in [2.45, 2.75) is 125 Å². The van der Waals surface area contributed by atoms with Gasteiger partial charge in [0.2, 0.25) is 11.8 Å². The fraction of sp³-hybridized carbons (Fsp3) is 0.700. The van der Waals surface area contributed by atoms with Gasteiger partial charge in [-0.2, -0.15) is 0 Å². The number of alkyl carbamates (subject to hydrolysis) is 1. The molecular weight excluding hydrogens is 634 g/mol. The topological polar surface area (TPSA) is 125 Å². The monoisotopic (exact) mass is 693 g/mol. The van der Waals surface area contributed by atoms with Crippen molar-refractivity contribution in [2.75, 3.05) is 13.2 Å². The summed E-state index contributed by atoms with van der Waals surface area (Å²) < 4.78 is 11.3. The molecule has 1 aromatic carbocycles. The number of likely N-dealkylation sites (tertiary alicyclic amines) is 1. The SMILES string of the molecule is CC1=C(C)C[C@H]2C(=O)N3[C@@H](c4ccccc4)OC[C@@H]3[C@H]2C1.CC1C[C@H]2CN(C(=O)[C@@H](NC(=O)OC(C)(C)C)C(C)(C)C)[C@H](C(=O)O)[C@H]2CC1C. The molecule has 2 unspecified atom stereocenters. The van der Waals surface area contributed by atoms with E-state index in [4.69, 9.17) is 9.47 Å². The minimum Gasteiger partial charge on any atom is -0.480 e. The lowest BCUT2D eigenvalue weighted by Gasteiger charge is -2.36. The number of hydrogen-bond donors (Lipinski definition) is 2. The van der Waals surface area contributed by atoms with E-state index in [0.29, 0.717) is 36.8 Å². The molecule has 3 saturated heterocycles. The van der Waals surface area contributed by atoms with Crippen LogP contribution in [0.3, 0.4) is 0 Å². The van der Waals surface area contributed by atoms with Crippen LogP contribution >= 0.6 is 0 Å². The van der Waals surface area contributed by atoms with E-state index in [1.165, 1.54) is 16.0 Å². The normalized spacial score (nSPS) is 32.8. The average molecular weight is 694 g/mol. The van der Waals surface area contributed by atoms with Crippen LogP contribution in [0.25, 0.3) is 0 Å². The van der Waals surface area contributed by atoms with Crippen molar-refractivity contribution in [2.24, 2.45) is 40.9 Å². The van der Waals surface area contributed by atoms with Gasteiger partial charge in [0, 0.05) is 18.0 Å². The standard InChI is InChI=1S/C22H38N2O5.C18H21NO2/c1-12-9-14-11-24(16(19(26)27)15(14)10-13(12)2)18(25)17(21(3,4)5)23-20(28)29-22(6,7)8;1-11-8-14-15(9-12(11)2)17(20)19-16(14)10-21-18(19)13-6-4-3-5-7-13/h12-17H,9-11H2,1-8H3,(H,23,28)(H,26,27);3-7,14-16,18H,8-10H2,1-2H3/t12?,13?,14-,15-,16-,17+;14-,15+,16+,18+/m00/s1. The second-order valence-electron chi connectivity index (χ2n) is 17.7. The van der Waals surface area contributed by atoms with Crippen LogP contribution in [0.5, 0.6) is 0 Å². The van der Waals surface area contributed by atoms with Gasteiger partial charge in [-0.3, -0.25) is 9.59 Å². The molecule has 10 atom stereocenters. The highest BCUT2D eigenvalue weighted by Gasteiger charge is 2.55. The number of carbonyl (C=O) groups excluding carboxylic acids is 3. The van der Waals surface area contributed by atoms with Gasteiger partial charge in [-0.1, -0.05) is 76.1 Å². The molecule has 4 fully saturated rings. The van der Waals surface area contributed by atoms with Crippen LogP contribution in [0.15, 0.2) is 41.5 Å². The lowest BCUT2D eigenvalue weighted by atomic mass is 9.69. The first-order chi connectivity index (χ1) is 23.3. The first-order valence-corrected chi connectivity index (χ1v) is 18.4. The van der Waals surface area contributed by atoms with Gasteiger partial charge in [0.1, 0.15) is 17.7 Å². The Balaban J connectivity index is 0.000000203. The van der Waals surface area contributed by atoms with Crippen molar-refractivity contribution < 1.29 is 33.8 Å². The molecular formula is C40H59N3O7. The number of carboxylic acid groups (broad SMARTS) is 1. The Morgan fingerprint density at radius 3 is 2.16 bits per heavy atom. The molecule has 0 bridgehead atoms. The summed E-state index contributed by atoms with van der Waals surface area (Å²) >= 11 is 0. The number of fused-ring (bicyclic) bond motifs is 4. The number of hydrogen-bond acceptors (Lipinski definition) is 6. The molecule has 10 heteroatoms. The molecule has 1 aromatic rings. The van der Waals surface area contributed by atoms with E-state index in [-0.39, 0.29) is 35.9 Å². The Bertz CT molecular complexity index is 1480. The molecule has 2 N–H and O–H groups in total. The molecule has 50 heavy (non-hydrogen) atoms. The summed E-state index contributed by atoms with van der Waals surface area (Å²) in [5, 5.41) is 12.6. The van der Waals surface area contributed by atoms with Crippen LogP contribution in [-0.2, 0) is 23.9 Å². The van der Waals surface area contributed by atoms with Crippen LogP contribution in [0, 0.1) is 40.9 Å². The summed E-state index contributed by atoms with van der Waals surface area (Å²) in [4.78, 5) is 54.4. The molecule has 5 aliphatic rings. The highest BCUT2D eigenvalue weighted by Crippen LogP contribution is 2.50. The number of benzene rings is 1. The maximum atomic E-state index is 13.5. The number of allylic oxidation sites excluding steroid dienone is 2. The lowest BCUT2D eigenvalue weighted by Crippen LogP contribution is -2.57. The summed E-state index contributed by atoms with van der Waals surface area (Å²) in [7, 11) is 0. The molecule has 3 aliphatic heterocycles. The lowest BCUT2D eigenvalue weighted by molar-refractivity contribution is -0.151. The highest BCUT2D eigenvalue weighted by molar-refractivity contribution is 5.90. The average Bonchev–Trinajstić information content (AvgIpc) is 3.68. The predicted molar refractivity (Wildman–Crippen MR) is 191 cm³/mol. The second kappa shape index (κ2) is 14.3. The number of carboxylic acids is 1. The summed E-state index contributed by atoms with van der Waals surface area (Å²) in [5.41, 5.74) is 2.68. The molecule has 3 amide bonds. The van der Waals surface area contributed by atoms with Crippen LogP contribution in [0.4, 0.5) is 4.79 Å². The molecule has 0 spiro atoms. The zero-order valence-electron chi connectivity index (χ0n) is 31.7. The maximum Gasteiger partial charge on any atom is 0.408 e. The third-order valence-corrected chi connectivity index (χ3v) is 11.9. The zero-order valence-corrected chi connectivity index (χ0v) is 31.7. The van der Waals surface area contributed by atoms with Gasteiger partial charge in [0.05, 0.1) is 12.6 Å². The van der Waals surface area contributed by atoms with Gasteiger partial charge in [0.15, 0.2) is 6.23 Å². The van der Waals surface area contributed by atoms with Gasteiger partial charge >= 0.3 is 12.1 Å². The van der Waals surface area contributed by atoms with Crippen LogP contribution in [0.1, 0.15) is 107 Å².